The van der Waals surface area contributed by atoms with E-state index in [0.717, 1.165) is 11.1 Å². The summed E-state index contributed by atoms with van der Waals surface area (Å²) in [4.78, 5) is 25.7. The Morgan fingerprint density at radius 3 is 2.34 bits per heavy atom. The number of rotatable bonds is 5. The number of hydrogen-bond donors (Lipinski definition) is 2. The van der Waals surface area contributed by atoms with Crippen molar-refractivity contribution >= 4 is 41.2 Å². The van der Waals surface area contributed by atoms with Crippen LogP contribution in [0, 0.1) is 0 Å². The van der Waals surface area contributed by atoms with Crippen LogP contribution in [0.4, 0.5) is 0 Å². The second-order valence-electron chi connectivity index (χ2n) is 7.24. The summed E-state index contributed by atoms with van der Waals surface area (Å²) < 4.78 is 6.98. The number of carbonyl (C=O) groups is 2. The SMILES string of the molecule is COc1cccc(/C=[N+]2\NC(=O)[C@@H](NC(=O)c3ccc(Cl)cc3)[C@H]2c2ccc(Cl)cc2)c1. The van der Waals surface area contributed by atoms with E-state index in [4.69, 9.17) is 27.9 Å². The molecule has 2 atom stereocenters. The fourth-order valence-electron chi connectivity index (χ4n) is 3.55. The summed E-state index contributed by atoms with van der Waals surface area (Å²) in [5, 5.41) is 3.96. The van der Waals surface area contributed by atoms with Gasteiger partial charge in [-0.05, 0) is 54.6 Å². The van der Waals surface area contributed by atoms with Crippen molar-refractivity contribution in [3.05, 3.63) is 99.5 Å². The molecule has 0 unspecified atom stereocenters. The molecule has 3 aromatic rings. The van der Waals surface area contributed by atoms with Crippen molar-refractivity contribution in [1.82, 2.24) is 10.7 Å². The fourth-order valence-corrected chi connectivity index (χ4v) is 3.80. The smallest absolute Gasteiger partial charge is 0.304 e. The van der Waals surface area contributed by atoms with Crippen molar-refractivity contribution in [3.63, 3.8) is 0 Å². The number of nitrogens with one attached hydrogen (secondary N) is 2. The van der Waals surface area contributed by atoms with Gasteiger partial charge in [0.2, 0.25) is 12.3 Å². The second kappa shape index (κ2) is 9.42. The third kappa shape index (κ3) is 4.77. The van der Waals surface area contributed by atoms with Crippen LogP contribution in [0.15, 0.2) is 72.8 Å². The summed E-state index contributed by atoms with van der Waals surface area (Å²) in [5.74, 6) is -0.00433. The number of benzene rings is 3. The molecule has 1 saturated heterocycles. The van der Waals surface area contributed by atoms with Crippen LogP contribution in [0.5, 0.6) is 5.75 Å². The van der Waals surface area contributed by atoms with Crippen LogP contribution in [0.1, 0.15) is 27.5 Å². The normalized spacial score (nSPS) is 19.0. The molecule has 0 bridgehead atoms. The highest BCUT2D eigenvalue weighted by atomic mass is 35.5. The molecule has 0 radical (unpaired) electrons. The minimum atomic E-state index is -0.832. The highest BCUT2D eigenvalue weighted by molar-refractivity contribution is 6.30. The first-order valence-corrected chi connectivity index (χ1v) is 10.6. The van der Waals surface area contributed by atoms with E-state index in [-0.39, 0.29) is 11.8 Å². The third-order valence-electron chi connectivity index (χ3n) is 5.12. The predicted octanol–water partition coefficient (Wildman–Crippen LogP) is 4.02. The lowest BCUT2D eigenvalue weighted by atomic mass is 10.00. The van der Waals surface area contributed by atoms with Gasteiger partial charge in [-0.15, -0.1) is 10.1 Å². The van der Waals surface area contributed by atoms with Crippen LogP contribution in [0.3, 0.4) is 0 Å². The van der Waals surface area contributed by atoms with E-state index in [1.165, 1.54) is 0 Å². The highest BCUT2D eigenvalue weighted by Gasteiger charge is 2.47. The van der Waals surface area contributed by atoms with Crippen molar-refractivity contribution in [3.8, 4) is 5.75 Å². The van der Waals surface area contributed by atoms with Gasteiger partial charge in [0.1, 0.15) is 5.75 Å². The van der Waals surface area contributed by atoms with Gasteiger partial charge in [-0.2, -0.15) is 0 Å². The lowest BCUT2D eigenvalue weighted by Crippen LogP contribution is -2.42. The maximum atomic E-state index is 12.9. The van der Waals surface area contributed by atoms with E-state index >= 15 is 0 Å². The van der Waals surface area contributed by atoms with Gasteiger partial charge in [-0.25, -0.2) is 0 Å². The number of nitrogens with zero attached hydrogens (tertiary/aromatic N) is 1. The van der Waals surface area contributed by atoms with Crippen molar-refractivity contribution in [2.45, 2.75) is 12.1 Å². The van der Waals surface area contributed by atoms with Crippen molar-refractivity contribution < 1.29 is 19.0 Å². The standard InChI is InChI=1S/C24H19Cl2N3O3/c1-32-20-4-2-3-15(13-20)14-29-22(16-5-9-18(25)10-6-16)21(24(31)28-29)27-23(30)17-7-11-19(26)12-8-17/h2-14,21-22H,1H3,(H-,27,28,30,31)/p+1/b29-14-/t21-,22+/m0/s1. The maximum absolute atomic E-state index is 12.9. The second-order valence-corrected chi connectivity index (χ2v) is 8.12. The van der Waals surface area contributed by atoms with Crippen molar-refractivity contribution in [1.29, 1.82) is 0 Å². The summed E-state index contributed by atoms with van der Waals surface area (Å²) in [5.41, 5.74) is 4.90. The molecule has 0 spiro atoms. The molecule has 6 nitrogen and oxygen atoms in total. The summed E-state index contributed by atoms with van der Waals surface area (Å²) in [6.45, 7) is 0. The maximum Gasteiger partial charge on any atom is 0.304 e. The molecule has 1 aliphatic heterocycles. The molecule has 162 valence electrons. The van der Waals surface area contributed by atoms with Gasteiger partial charge in [0.05, 0.1) is 7.11 Å². The van der Waals surface area contributed by atoms with Gasteiger partial charge < -0.3 is 10.1 Å². The third-order valence-corrected chi connectivity index (χ3v) is 5.63. The molecule has 0 aliphatic carbocycles. The van der Waals surface area contributed by atoms with Gasteiger partial charge in [0.15, 0.2) is 6.04 Å². The summed E-state index contributed by atoms with van der Waals surface area (Å²) in [7, 11) is 1.59. The number of hydrogen-bond acceptors (Lipinski definition) is 3. The van der Waals surface area contributed by atoms with Crippen LogP contribution >= 0.6 is 23.2 Å². The number of methoxy groups -OCH3 is 1. The first-order valence-electron chi connectivity index (χ1n) is 9.84. The van der Waals surface area contributed by atoms with E-state index in [2.05, 4.69) is 10.7 Å². The zero-order chi connectivity index (χ0) is 22.7. The minimum absolute atomic E-state index is 0.327. The first kappa shape index (κ1) is 21.9. The molecule has 2 amide bonds. The number of carbonyl (C=O) groups excluding carboxylic acids is 2. The quantitative estimate of drug-likeness (QED) is 0.555. The molecular formula is C24H20Cl2N3O3+. The van der Waals surface area contributed by atoms with E-state index in [0.29, 0.717) is 21.4 Å². The van der Waals surface area contributed by atoms with E-state index in [1.807, 2.05) is 36.4 Å². The molecule has 0 aromatic heterocycles. The Bertz CT molecular complexity index is 1180. The van der Waals surface area contributed by atoms with Crippen LogP contribution in [0.25, 0.3) is 0 Å². The van der Waals surface area contributed by atoms with Crippen LogP contribution < -0.4 is 15.5 Å². The van der Waals surface area contributed by atoms with Crippen molar-refractivity contribution in [2.75, 3.05) is 7.11 Å². The summed E-state index contributed by atoms with van der Waals surface area (Å²) in [6.07, 6.45) is 1.80. The van der Waals surface area contributed by atoms with Gasteiger partial charge >= 0.3 is 5.91 Å². The summed E-state index contributed by atoms with van der Waals surface area (Å²) >= 11 is 12.0. The fraction of sp³-hybridized carbons (Fsp3) is 0.125. The number of amides is 2. The molecule has 8 heteroatoms. The number of halogens is 2. The van der Waals surface area contributed by atoms with Gasteiger partial charge in [0, 0.05) is 26.7 Å². The van der Waals surface area contributed by atoms with Crippen molar-refractivity contribution in [2.24, 2.45) is 0 Å². The zero-order valence-electron chi connectivity index (χ0n) is 17.1. The molecular weight excluding hydrogens is 449 g/mol. The molecule has 2 N–H and O–H groups in total. The topological polar surface area (TPSA) is 70.4 Å². The van der Waals surface area contributed by atoms with E-state index in [1.54, 1.807) is 54.4 Å². The number of hydrazone groups is 1. The van der Waals surface area contributed by atoms with Gasteiger partial charge in [0.25, 0.3) is 5.91 Å². The van der Waals surface area contributed by atoms with Gasteiger partial charge in [-0.1, -0.05) is 41.4 Å². The Morgan fingerprint density at radius 2 is 1.69 bits per heavy atom. The molecule has 1 fully saturated rings. The van der Waals surface area contributed by atoms with Crippen LogP contribution in [0.2, 0.25) is 10.0 Å². The molecule has 0 saturated carbocycles. The predicted molar refractivity (Wildman–Crippen MR) is 123 cm³/mol. The molecule has 3 aromatic carbocycles. The highest BCUT2D eigenvalue weighted by Crippen LogP contribution is 2.27. The minimum Gasteiger partial charge on any atom is -0.497 e. The average Bonchev–Trinajstić information content (AvgIpc) is 3.09. The Balaban J connectivity index is 1.70. The van der Waals surface area contributed by atoms with E-state index in [9.17, 15) is 9.59 Å². The number of ether oxygens (including phenoxy) is 1. The number of hydrazine groups is 1. The molecule has 1 heterocycles. The monoisotopic (exact) mass is 468 g/mol. The lowest BCUT2D eigenvalue weighted by Gasteiger charge is -2.15. The Labute approximate surface area is 195 Å². The molecule has 32 heavy (non-hydrogen) atoms. The molecule has 4 rings (SSSR count). The Hall–Kier alpha value is -3.35. The van der Waals surface area contributed by atoms with Crippen LogP contribution in [-0.4, -0.2) is 35.9 Å². The van der Waals surface area contributed by atoms with Gasteiger partial charge in [-0.3, -0.25) is 9.59 Å². The first-order chi connectivity index (χ1) is 15.4. The average molecular weight is 469 g/mol. The Kier molecular flexibility index (Phi) is 6.44. The van der Waals surface area contributed by atoms with Crippen LogP contribution in [-0.2, 0) is 4.79 Å². The lowest BCUT2D eigenvalue weighted by molar-refractivity contribution is -0.596. The summed E-state index contributed by atoms with van der Waals surface area (Å²) in [6, 6.07) is 19.8. The Morgan fingerprint density at radius 1 is 1.03 bits per heavy atom. The molecule has 1 aliphatic rings. The largest absolute Gasteiger partial charge is 0.497 e. The zero-order valence-corrected chi connectivity index (χ0v) is 18.6. The van der Waals surface area contributed by atoms with E-state index < -0.39 is 12.1 Å².